The van der Waals surface area contributed by atoms with E-state index in [-0.39, 0.29) is 5.91 Å². The first-order valence-electron chi connectivity index (χ1n) is 27.9. The molecule has 1 saturated heterocycles. The first kappa shape index (κ1) is 67.0. The molecule has 1 unspecified atom stereocenters. The average Bonchev–Trinajstić information content (AvgIpc) is 4.24. The second kappa shape index (κ2) is 36.0. The molecule has 0 saturated carbocycles. The van der Waals surface area contributed by atoms with Crippen LogP contribution in [0, 0.1) is 0 Å². The van der Waals surface area contributed by atoms with Crippen LogP contribution in [-0.4, -0.2) is 108 Å². The number of hydrogen-bond donors (Lipinski definition) is 1. The van der Waals surface area contributed by atoms with Crippen LogP contribution in [0.5, 0.6) is 0 Å². The van der Waals surface area contributed by atoms with E-state index in [9.17, 15) is 4.79 Å². The maximum atomic E-state index is 11.0. The predicted molar refractivity (Wildman–Crippen MR) is 312 cm³/mol. The standard InChI is InChI=1S/C11H18N2O.C9H15N3O.C9H16N2O.2C8H14N2.2C7H12N2/c1-9(2)10-6-12-13(7-10)8-11-4-3-5-14-11;1-7(2)8-4-11-12(5-8)6-9(13)10-3;1-8(2)9-6-10-11(7-9)4-5-12-3;2*1-4-10-6-8(5-9-10)7(2)3;1-6(2)7-4-8-9(3)5-7;1-6(2)7-4-5-8-9(7)3/h6-7,9,11H,3-5,8H2,1-2H3;4-5,7H,6H2,1-3H3,(H,10,13);6-8H,4-5H2,1-3H3;2*5-7H,4H2,1-3H3;2*4-6H,1-3H3. The summed E-state index contributed by atoms with van der Waals surface area (Å²) in [5.41, 5.74) is 8.98. The summed E-state index contributed by atoms with van der Waals surface area (Å²) in [5, 5.41) is 31.6. The number of rotatable bonds is 16. The Morgan fingerprint density at radius 2 is 0.974 bits per heavy atom. The van der Waals surface area contributed by atoms with Crippen LogP contribution in [-0.2, 0) is 61.1 Å². The minimum atomic E-state index is -0.0293. The smallest absolute Gasteiger partial charge is 0.241 e. The average molecular weight is 1070 g/mol. The Bertz CT molecular complexity index is 2530. The maximum absolute atomic E-state index is 11.0. The molecular formula is C59H101N15O3. The van der Waals surface area contributed by atoms with E-state index in [2.05, 4.69) is 177 Å². The number of ether oxygens (including phenoxy) is 2. The third-order valence-corrected chi connectivity index (χ3v) is 12.6. The zero-order valence-electron chi connectivity index (χ0n) is 51.1. The van der Waals surface area contributed by atoms with E-state index in [1.54, 1.807) is 25.0 Å². The number of carbonyl (C=O) groups excluding carboxylic acids is 1. The van der Waals surface area contributed by atoms with Crippen molar-refractivity contribution in [3.05, 3.63) is 126 Å². The third kappa shape index (κ3) is 26.2. The Labute approximate surface area is 463 Å². The zero-order chi connectivity index (χ0) is 57.6. The summed E-state index contributed by atoms with van der Waals surface area (Å²) >= 11 is 0. The summed E-state index contributed by atoms with van der Waals surface area (Å²) in [7, 11) is 7.23. The summed E-state index contributed by atoms with van der Waals surface area (Å²) in [6, 6.07) is 2.05. The van der Waals surface area contributed by atoms with Crippen molar-refractivity contribution in [1.29, 1.82) is 0 Å². The van der Waals surface area contributed by atoms with Gasteiger partial charge in [-0.15, -0.1) is 0 Å². The van der Waals surface area contributed by atoms with Gasteiger partial charge in [0.05, 0.1) is 63.0 Å². The van der Waals surface area contributed by atoms with E-state index < -0.39 is 0 Å². The van der Waals surface area contributed by atoms with Crippen LogP contribution in [0.4, 0.5) is 0 Å². The van der Waals surface area contributed by atoms with E-state index >= 15 is 0 Å². The van der Waals surface area contributed by atoms with E-state index in [0.717, 1.165) is 45.0 Å². The Hall–Kier alpha value is -6.14. The Kier molecular flexibility index (Phi) is 31.4. The molecule has 430 valence electrons. The van der Waals surface area contributed by atoms with Gasteiger partial charge in [0.1, 0.15) is 6.54 Å². The summed E-state index contributed by atoms with van der Waals surface area (Å²) < 4.78 is 23.7. The molecule has 0 radical (unpaired) electrons. The van der Waals surface area contributed by atoms with Crippen molar-refractivity contribution in [2.24, 2.45) is 14.1 Å². The van der Waals surface area contributed by atoms with E-state index in [0.29, 0.717) is 54.1 Å². The summed E-state index contributed by atoms with van der Waals surface area (Å²) in [6.07, 6.45) is 28.4. The SMILES string of the molecule is CC(C)c1ccnn1C.CC(C)c1cnn(C)c1.CC(C)c1cnn(CC2CCCO2)c1.CCn1cc(C(C)C)cn1.CCn1cc(C(C)C)cn1.CNC(=O)Cn1cc(C(C)C)cn1.COCCn1cc(C(C)C)cn1. The number of aryl methyl sites for hydroxylation is 4. The van der Waals surface area contributed by atoms with Crippen LogP contribution in [0.1, 0.15) is 204 Å². The first-order valence-corrected chi connectivity index (χ1v) is 27.9. The fraction of sp³-hybridized carbons (Fsp3) is 0.627. The molecule has 1 atom stereocenters. The second-order valence-electron chi connectivity index (χ2n) is 21.5. The lowest BCUT2D eigenvalue weighted by Gasteiger charge is -2.08. The number of nitrogens with one attached hydrogen (secondary N) is 1. The molecule has 77 heavy (non-hydrogen) atoms. The Morgan fingerprint density at radius 3 is 1.29 bits per heavy atom. The summed E-state index contributed by atoms with van der Waals surface area (Å²) in [6.45, 7) is 40.1. The molecule has 7 aromatic heterocycles. The van der Waals surface area contributed by atoms with Gasteiger partial charge in [-0.25, -0.2) is 0 Å². The van der Waals surface area contributed by atoms with Crippen molar-refractivity contribution in [3.63, 3.8) is 0 Å². The number of aromatic nitrogens is 14. The summed E-state index contributed by atoms with van der Waals surface area (Å²) in [4.78, 5) is 11.0. The molecule has 0 spiro atoms. The van der Waals surface area contributed by atoms with Crippen LogP contribution in [0.2, 0.25) is 0 Å². The third-order valence-electron chi connectivity index (χ3n) is 12.6. The molecule has 1 aliphatic rings. The number of hydrogen-bond acceptors (Lipinski definition) is 10. The van der Waals surface area contributed by atoms with Crippen molar-refractivity contribution >= 4 is 5.91 Å². The second-order valence-corrected chi connectivity index (χ2v) is 21.5. The Morgan fingerprint density at radius 1 is 0.571 bits per heavy atom. The number of likely N-dealkylation sites (N-methyl/N-ethyl adjacent to an activating group) is 1. The van der Waals surface area contributed by atoms with Gasteiger partial charge in [0, 0.05) is 97.0 Å². The molecule has 0 aliphatic carbocycles. The normalized spacial score (nSPS) is 12.8. The van der Waals surface area contributed by atoms with Crippen LogP contribution in [0.3, 0.4) is 0 Å². The van der Waals surface area contributed by atoms with Gasteiger partial charge in [-0.1, -0.05) is 96.9 Å². The highest BCUT2D eigenvalue weighted by Gasteiger charge is 2.16. The van der Waals surface area contributed by atoms with Crippen molar-refractivity contribution in [2.45, 2.75) is 204 Å². The Balaban J connectivity index is 0.000000309. The van der Waals surface area contributed by atoms with Crippen LogP contribution in [0.25, 0.3) is 0 Å². The van der Waals surface area contributed by atoms with Crippen molar-refractivity contribution in [2.75, 3.05) is 27.4 Å². The van der Waals surface area contributed by atoms with Crippen LogP contribution >= 0.6 is 0 Å². The zero-order valence-corrected chi connectivity index (χ0v) is 51.1. The molecule has 18 heteroatoms. The fourth-order valence-corrected chi connectivity index (χ4v) is 7.14. The molecule has 0 bridgehead atoms. The highest BCUT2D eigenvalue weighted by atomic mass is 16.5. The molecule has 1 aliphatic heterocycles. The quantitative estimate of drug-likeness (QED) is 0.0981. The highest BCUT2D eigenvalue weighted by Crippen LogP contribution is 2.18. The molecule has 1 amide bonds. The molecule has 7 aromatic rings. The number of methoxy groups -OCH3 is 1. The lowest BCUT2D eigenvalue weighted by atomic mass is 10.1. The highest BCUT2D eigenvalue weighted by molar-refractivity contribution is 5.75. The number of amides is 1. The van der Waals surface area contributed by atoms with Gasteiger partial charge in [-0.2, -0.15) is 35.7 Å². The number of carbonyl (C=O) groups is 1. The van der Waals surface area contributed by atoms with Crippen molar-refractivity contribution in [1.82, 2.24) is 73.8 Å². The lowest BCUT2D eigenvalue weighted by molar-refractivity contribution is -0.121. The molecule has 1 fully saturated rings. The van der Waals surface area contributed by atoms with Crippen molar-refractivity contribution < 1.29 is 14.3 Å². The summed E-state index contributed by atoms with van der Waals surface area (Å²) in [5.74, 6) is 3.92. The molecule has 0 aromatic carbocycles. The van der Waals surface area contributed by atoms with Gasteiger partial charge in [-0.05, 0) is 108 Å². The maximum Gasteiger partial charge on any atom is 0.241 e. The first-order chi connectivity index (χ1) is 36.5. The van der Waals surface area contributed by atoms with Gasteiger partial charge in [0.2, 0.25) is 5.91 Å². The van der Waals surface area contributed by atoms with Crippen LogP contribution in [0.15, 0.2) is 86.6 Å². The lowest BCUT2D eigenvalue weighted by Crippen LogP contribution is -2.23. The van der Waals surface area contributed by atoms with Gasteiger partial charge in [-0.3, -0.25) is 37.6 Å². The van der Waals surface area contributed by atoms with E-state index in [1.807, 2.05) is 97.8 Å². The minimum Gasteiger partial charge on any atom is -0.383 e. The van der Waals surface area contributed by atoms with Gasteiger partial charge < -0.3 is 14.8 Å². The van der Waals surface area contributed by atoms with Crippen molar-refractivity contribution in [3.8, 4) is 0 Å². The van der Waals surface area contributed by atoms with Gasteiger partial charge in [0.25, 0.3) is 0 Å². The van der Waals surface area contributed by atoms with Gasteiger partial charge >= 0.3 is 0 Å². The predicted octanol–water partition coefficient (Wildman–Crippen LogP) is 11.7. The fourth-order valence-electron chi connectivity index (χ4n) is 7.14. The number of nitrogens with zero attached hydrogens (tertiary/aromatic N) is 14. The van der Waals surface area contributed by atoms with Crippen LogP contribution < -0.4 is 5.32 Å². The topological polar surface area (TPSA) is 172 Å². The van der Waals surface area contributed by atoms with E-state index in [4.69, 9.17) is 9.47 Å². The molecule has 18 nitrogen and oxygen atoms in total. The van der Waals surface area contributed by atoms with E-state index in [1.165, 1.54) is 46.4 Å². The molecule has 8 rings (SSSR count). The molecule has 8 heterocycles. The minimum absolute atomic E-state index is 0.0293. The van der Waals surface area contributed by atoms with Gasteiger partial charge in [0.15, 0.2) is 0 Å². The molecule has 1 N–H and O–H groups in total. The monoisotopic (exact) mass is 1070 g/mol. The molecular weight excluding hydrogens is 967 g/mol. The largest absolute Gasteiger partial charge is 0.383 e.